The lowest BCUT2D eigenvalue weighted by Gasteiger charge is -2.34. The Bertz CT molecular complexity index is 586. The molecule has 2 aliphatic rings. The van der Waals surface area contributed by atoms with Gasteiger partial charge in [0.1, 0.15) is 5.82 Å². The van der Waals surface area contributed by atoms with Crippen LogP contribution in [0.4, 0.5) is 4.39 Å². The Morgan fingerprint density at radius 2 is 2.27 bits per heavy atom. The van der Waals surface area contributed by atoms with Gasteiger partial charge in [0.2, 0.25) is 0 Å². The molecule has 0 spiro atoms. The van der Waals surface area contributed by atoms with Crippen LogP contribution >= 0.6 is 24.0 Å². The van der Waals surface area contributed by atoms with Gasteiger partial charge in [0.15, 0.2) is 5.96 Å². The maximum atomic E-state index is 13.2. The Morgan fingerprint density at radius 1 is 1.38 bits per heavy atom. The number of hydrogen-bond donors (Lipinski definition) is 2. The van der Waals surface area contributed by atoms with Crippen LogP contribution in [0.5, 0.6) is 0 Å². The summed E-state index contributed by atoms with van der Waals surface area (Å²) in [7, 11) is 0. The van der Waals surface area contributed by atoms with E-state index in [1.54, 1.807) is 12.1 Å². The summed E-state index contributed by atoms with van der Waals surface area (Å²) in [6.45, 7) is 7.26. The first kappa shape index (κ1) is 21.4. The number of aliphatic imine (C=N–C) groups is 1. The van der Waals surface area contributed by atoms with Crippen molar-refractivity contribution in [3.63, 3.8) is 0 Å². The molecule has 26 heavy (non-hydrogen) atoms. The highest BCUT2D eigenvalue weighted by Crippen LogP contribution is 2.22. The van der Waals surface area contributed by atoms with E-state index in [4.69, 9.17) is 4.74 Å². The van der Waals surface area contributed by atoms with Gasteiger partial charge in [-0.15, -0.1) is 24.0 Å². The number of nitrogens with zero attached hydrogens (tertiary/aromatic N) is 2. The third-order valence-corrected chi connectivity index (χ3v) is 4.85. The second-order valence-electron chi connectivity index (χ2n) is 6.77. The van der Waals surface area contributed by atoms with Gasteiger partial charge in [0, 0.05) is 25.7 Å². The average Bonchev–Trinajstić information content (AvgIpc) is 3.07. The lowest BCUT2D eigenvalue weighted by Crippen LogP contribution is -2.47. The summed E-state index contributed by atoms with van der Waals surface area (Å²) in [4.78, 5) is 7.20. The number of morpholine rings is 1. The topological polar surface area (TPSA) is 48.9 Å². The van der Waals surface area contributed by atoms with E-state index >= 15 is 0 Å². The van der Waals surface area contributed by atoms with Crippen molar-refractivity contribution in [1.82, 2.24) is 15.5 Å². The summed E-state index contributed by atoms with van der Waals surface area (Å²) in [6.07, 6.45) is 3.49. The van der Waals surface area contributed by atoms with Crippen molar-refractivity contribution in [3.8, 4) is 0 Å². The Kier molecular flexibility index (Phi) is 9.07. The maximum absolute atomic E-state index is 13.2. The third kappa shape index (κ3) is 6.35. The van der Waals surface area contributed by atoms with Crippen LogP contribution in [0.2, 0.25) is 0 Å². The van der Waals surface area contributed by atoms with Crippen molar-refractivity contribution in [3.05, 3.63) is 35.6 Å². The summed E-state index contributed by atoms with van der Waals surface area (Å²) in [5.41, 5.74) is 0.985. The standard InChI is InChI=1S/C19H29FN4O.HI/c1-2-21-19(22-9-8-15-5-3-6-16(20)11-15)23-12-18-13-24-10-4-7-17(24)14-25-18;/h3,5-6,11,17-18H,2,4,7-10,12-14H2,1H3,(H2,21,22,23);1H. The normalized spacial score (nSPS) is 23.2. The molecule has 1 aromatic rings. The SMILES string of the molecule is CCNC(=NCC1CN2CCCC2CO1)NCCc1cccc(F)c1.I. The number of halogens is 2. The molecule has 2 fully saturated rings. The number of guanidine groups is 1. The highest BCUT2D eigenvalue weighted by atomic mass is 127. The molecule has 2 saturated heterocycles. The molecule has 0 amide bonds. The molecule has 7 heteroatoms. The van der Waals surface area contributed by atoms with Crippen LogP contribution < -0.4 is 10.6 Å². The van der Waals surface area contributed by atoms with Crippen LogP contribution in [0.25, 0.3) is 0 Å². The molecular weight excluding hydrogens is 446 g/mol. The fraction of sp³-hybridized carbons (Fsp3) is 0.632. The second kappa shape index (κ2) is 11.0. The van der Waals surface area contributed by atoms with Crippen molar-refractivity contribution in [1.29, 1.82) is 0 Å². The summed E-state index contributed by atoms with van der Waals surface area (Å²) in [6, 6.07) is 7.36. The summed E-state index contributed by atoms with van der Waals surface area (Å²) in [5.74, 6) is 0.610. The highest BCUT2D eigenvalue weighted by molar-refractivity contribution is 14.0. The van der Waals surface area contributed by atoms with E-state index in [0.717, 1.165) is 44.2 Å². The first-order valence-corrected chi connectivity index (χ1v) is 9.37. The van der Waals surface area contributed by atoms with Gasteiger partial charge in [-0.3, -0.25) is 9.89 Å². The summed E-state index contributed by atoms with van der Waals surface area (Å²) < 4.78 is 19.2. The van der Waals surface area contributed by atoms with Crippen LogP contribution in [0.15, 0.2) is 29.3 Å². The van der Waals surface area contributed by atoms with Crippen LogP contribution in [0, 0.1) is 5.82 Å². The number of benzene rings is 1. The Morgan fingerprint density at radius 3 is 3.08 bits per heavy atom. The van der Waals surface area contributed by atoms with Crippen molar-refractivity contribution >= 4 is 29.9 Å². The van der Waals surface area contributed by atoms with E-state index in [2.05, 4.69) is 27.4 Å². The second-order valence-corrected chi connectivity index (χ2v) is 6.77. The molecule has 2 N–H and O–H groups in total. The molecule has 0 radical (unpaired) electrons. The largest absolute Gasteiger partial charge is 0.373 e. The monoisotopic (exact) mass is 476 g/mol. The fourth-order valence-corrected chi connectivity index (χ4v) is 3.55. The zero-order chi connectivity index (χ0) is 17.5. The van der Waals surface area contributed by atoms with E-state index < -0.39 is 0 Å². The Labute approximate surface area is 172 Å². The first-order chi connectivity index (χ1) is 12.2. The van der Waals surface area contributed by atoms with Crippen LogP contribution in [0.1, 0.15) is 25.3 Å². The van der Waals surface area contributed by atoms with Crippen molar-refractivity contribution in [2.75, 3.05) is 39.3 Å². The number of ether oxygens (including phenoxy) is 1. The number of nitrogens with one attached hydrogen (secondary N) is 2. The molecular formula is C19H30FIN4O. The quantitative estimate of drug-likeness (QED) is 0.376. The number of hydrogen-bond acceptors (Lipinski definition) is 3. The minimum absolute atomic E-state index is 0. The molecule has 2 aliphatic heterocycles. The van der Waals surface area contributed by atoms with E-state index in [1.165, 1.54) is 25.5 Å². The molecule has 5 nitrogen and oxygen atoms in total. The first-order valence-electron chi connectivity index (χ1n) is 9.37. The lowest BCUT2D eigenvalue weighted by molar-refractivity contribution is -0.0432. The zero-order valence-corrected chi connectivity index (χ0v) is 17.7. The lowest BCUT2D eigenvalue weighted by atomic mass is 10.1. The molecule has 0 saturated carbocycles. The minimum Gasteiger partial charge on any atom is -0.373 e. The van der Waals surface area contributed by atoms with Gasteiger partial charge in [-0.1, -0.05) is 12.1 Å². The van der Waals surface area contributed by atoms with Crippen LogP contribution in [0.3, 0.4) is 0 Å². The van der Waals surface area contributed by atoms with Gasteiger partial charge in [-0.25, -0.2) is 4.39 Å². The van der Waals surface area contributed by atoms with E-state index in [9.17, 15) is 4.39 Å². The summed E-state index contributed by atoms with van der Waals surface area (Å²) >= 11 is 0. The zero-order valence-electron chi connectivity index (χ0n) is 15.4. The van der Waals surface area contributed by atoms with E-state index in [0.29, 0.717) is 12.6 Å². The minimum atomic E-state index is -0.187. The fourth-order valence-electron chi connectivity index (χ4n) is 3.55. The average molecular weight is 476 g/mol. The summed E-state index contributed by atoms with van der Waals surface area (Å²) in [5, 5.41) is 6.58. The van der Waals surface area contributed by atoms with Crippen molar-refractivity contribution in [2.24, 2.45) is 4.99 Å². The number of rotatable bonds is 6. The van der Waals surface area contributed by atoms with Crippen molar-refractivity contribution < 1.29 is 9.13 Å². The van der Waals surface area contributed by atoms with E-state index in [-0.39, 0.29) is 35.9 Å². The van der Waals surface area contributed by atoms with Crippen LogP contribution in [-0.2, 0) is 11.2 Å². The van der Waals surface area contributed by atoms with Gasteiger partial charge in [0.25, 0.3) is 0 Å². The van der Waals surface area contributed by atoms with Gasteiger partial charge in [0.05, 0.1) is 19.3 Å². The predicted molar refractivity (Wildman–Crippen MR) is 114 cm³/mol. The molecule has 3 rings (SSSR count). The molecule has 0 aliphatic carbocycles. The van der Waals surface area contributed by atoms with Gasteiger partial charge < -0.3 is 15.4 Å². The third-order valence-electron chi connectivity index (χ3n) is 4.85. The highest BCUT2D eigenvalue weighted by Gasteiger charge is 2.31. The van der Waals surface area contributed by atoms with E-state index in [1.807, 2.05) is 6.07 Å². The maximum Gasteiger partial charge on any atom is 0.191 e. The molecule has 146 valence electrons. The molecule has 0 aromatic heterocycles. The van der Waals surface area contributed by atoms with Gasteiger partial charge >= 0.3 is 0 Å². The molecule has 2 heterocycles. The molecule has 0 bridgehead atoms. The Hall–Kier alpha value is -0.930. The van der Waals surface area contributed by atoms with Gasteiger partial charge in [-0.2, -0.15) is 0 Å². The van der Waals surface area contributed by atoms with Crippen molar-refractivity contribution in [2.45, 2.75) is 38.3 Å². The molecule has 2 atom stereocenters. The molecule has 1 aromatic carbocycles. The molecule has 2 unspecified atom stereocenters. The van der Waals surface area contributed by atoms with Crippen LogP contribution in [-0.4, -0.2) is 62.3 Å². The number of fused-ring (bicyclic) bond motifs is 1. The Balaban J connectivity index is 0.00000243. The predicted octanol–water partition coefficient (Wildman–Crippen LogP) is 2.40. The smallest absolute Gasteiger partial charge is 0.191 e. The van der Waals surface area contributed by atoms with Gasteiger partial charge in [-0.05, 0) is 50.4 Å².